The van der Waals surface area contributed by atoms with E-state index < -0.39 is 0 Å². The van der Waals surface area contributed by atoms with E-state index in [2.05, 4.69) is 29.4 Å². The summed E-state index contributed by atoms with van der Waals surface area (Å²) in [5.41, 5.74) is 2.64. The molecule has 0 aliphatic carbocycles. The number of rotatable bonds is 7. The van der Waals surface area contributed by atoms with E-state index in [9.17, 15) is 4.79 Å². The number of anilines is 1. The van der Waals surface area contributed by atoms with Crippen LogP contribution < -0.4 is 5.32 Å². The van der Waals surface area contributed by atoms with Gasteiger partial charge in [-0.05, 0) is 49.1 Å². The molecule has 0 bridgehead atoms. The highest BCUT2D eigenvalue weighted by Crippen LogP contribution is 2.29. The first-order valence-electron chi connectivity index (χ1n) is 9.01. The van der Waals surface area contributed by atoms with Gasteiger partial charge in [-0.15, -0.1) is 10.2 Å². The highest BCUT2D eigenvalue weighted by molar-refractivity contribution is 7.99. The Kier molecular flexibility index (Phi) is 6.46. The van der Waals surface area contributed by atoms with Crippen molar-refractivity contribution >= 4 is 35.0 Å². The van der Waals surface area contributed by atoms with Crippen LogP contribution in [0.2, 0.25) is 5.02 Å². The van der Waals surface area contributed by atoms with Gasteiger partial charge in [-0.3, -0.25) is 9.36 Å². The minimum absolute atomic E-state index is 0.141. The van der Waals surface area contributed by atoms with Crippen LogP contribution in [0.25, 0.3) is 11.6 Å². The van der Waals surface area contributed by atoms with Crippen LogP contribution >= 0.6 is 23.4 Å². The van der Waals surface area contributed by atoms with Gasteiger partial charge < -0.3 is 9.73 Å². The Balaban J connectivity index is 1.73. The zero-order valence-electron chi connectivity index (χ0n) is 16.3. The summed E-state index contributed by atoms with van der Waals surface area (Å²) in [6.07, 6.45) is 1.61. The minimum atomic E-state index is -0.141. The number of amides is 1. The normalized spacial score (nSPS) is 11.2. The number of aryl methyl sites for hydroxylation is 2. The second-order valence-corrected chi connectivity index (χ2v) is 8.41. The Hall–Kier alpha value is -2.25. The molecule has 0 radical (unpaired) electrons. The van der Waals surface area contributed by atoms with Gasteiger partial charge in [-0.25, -0.2) is 0 Å². The molecule has 0 fully saturated rings. The number of hydrogen-bond donors (Lipinski definition) is 1. The molecule has 1 aromatic carbocycles. The molecule has 0 spiro atoms. The van der Waals surface area contributed by atoms with E-state index in [0.717, 1.165) is 17.7 Å². The summed E-state index contributed by atoms with van der Waals surface area (Å²) in [5, 5.41) is 12.6. The van der Waals surface area contributed by atoms with Crippen LogP contribution in [-0.4, -0.2) is 26.4 Å². The molecule has 28 heavy (non-hydrogen) atoms. The van der Waals surface area contributed by atoms with Gasteiger partial charge in [0.25, 0.3) is 0 Å². The molecule has 6 nitrogen and oxygen atoms in total. The number of aromatic nitrogens is 3. The van der Waals surface area contributed by atoms with Gasteiger partial charge in [0.05, 0.1) is 22.7 Å². The van der Waals surface area contributed by atoms with E-state index in [4.69, 9.17) is 16.0 Å². The van der Waals surface area contributed by atoms with E-state index in [-0.39, 0.29) is 11.7 Å². The third-order valence-electron chi connectivity index (χ3n) is 4.03. The number of nitrogens with one attached hydrogen (secondary N) is 1. The predicted molar refractivity (Wildman–Crippen MR) is 113 cm³/mol. The van der Waals surface area contributed by atoms with Crippen LogP contribution in [0.5, 0.6) is 0 Å². The van der Waals surface area contributed by atoms with Gasteiger partial charge in [0.1, 0.15) is 0 Å². The maximum Gasteiger partial charge on any atom is 0.234 e. The third kappa shape index (κ3) is 4.77. The average Bonchev–Trinajstić information content (AvgIpc) is 3.25. The number of carbonyl (C=O) groups excluding carboxylic acids is 1. The molecule has 0 saturated heterocycles. The zero-order chi connectivity index (χ0) is 20.3. The molecule has 3 rings (SSSR count). The quantitative estimate of drug-likeness (QED) is 0.534. The molecule has 3 aromatic rings. The predicted octanol–water partition coefficient (Wildman–Crippen LogP) is 5.20. The summed E-state index contributed by atoms with van der Waals surface area (Å²) in [5.74, 6) is 1.79. The number of halogens is 1. The van der Waals surface area contributed by atoms with Gasteiger partial charge >= 0.3 is 0 Å². The third-order valence-corrected chi connectivity index (χ3v) is 5.30. The summed E-state index contributed by atoms with van der Waals surface area (Å²) < 4.78 is 7.46. The lowest BCUT2D eigenvalue weighted by molar-refractivity contribution is -0.113. The first kappa shape index (κ1) is 20.5. The van der Waals surface area contributed by atoms with E-state index in [0.29, 0.717) is 33.4 Å². The van der Waals surface area contributed by atoms with Crippen molar-refractivity contribution in [2.45, 2.75) is 39.4 Å². The van der Waals surface area contributed by atoms with Crippen molar-refractivity contribution in [3.05, 3.63) is 46.7 Å². The lowest BCUT2D eigenvalue weighted by Crippen LogP contribution is -2.16. The van der Waals surface area contributed by atoms with Crippen molar-refractivity contribution in [3.63, 3.8) is 0 Å². The zero-order valence-corrected chi connectivity index (χ0v) is 17.9. The maximum atomic E-state index is 12.5. The van der Waals surface area contributed by atoms with Crippen LogP contribution in [0.3, 0.4) is 0 Å². The van der Waals surface area contributed by atoms with E-state index >= 15 is 0 Å². The molecule has 2 aromatic heterocycles. The molecule has 2 heterocycles. The molecular formula is C20H23ClN4O2S. The topological polar surface area (TPSA) is 73.0 Å². The summed E-state index contributed by atoms with van der Waals surface area (Å²) in [4.78, 5) is 12.5. The molecule has 0 aliphatic heterocycles. The first-order valence-corrected chi connectivity index (χ1v) is 10.4. The van der Waals surface area contributed by atoms with Crippen LogP contribution in [0.15, 0.2) is 40.1 Å². The average molecular weight is 419 g/mol. The molecule has 0 saturated carbocycles. The fraction of sp³-hybridized carbons (Fsp3) is 0.350. The van der Waals surface area contributed by atoms with Gasteiger partial charge in [0, 0.05) is 6.54 Å². The Labute approximate surface area is 173 Å². The number of benzene rings is 1. The van der Waals surface area contributed by atoms with Gasteiger partial charge in [-0.1, -0.05) is 43.3 Å². The highest BCUT2D eigenvalue weighted by Gasteiger charge is 2.18. The SMILES string of the molecule is Cc1cc(C)c(NC(=O)CSc2nnc(-c3ccco3)n2CC(C)C)c(Cl)c1. The number of thioether (sulfide) groups is 1. The number of furan rings is 1. The van der Waals surface area contributed by atoms with Crippen molar-refractivity contribution in [2.75, 3.05) is 11.1 Å². The Morgan fingerprint density at radius 1 is 1.32 bits per heavy atom. The van der Waals surface area contributed by atoms with E-state index in [1.54, 1.807) is 6.26 Å². The number of nitrogens with zero attached hydrogens (tertiary/aromatic N) is 3. The summed E-state index contributed by atoms with van der Waals surface area (Å²) in [6.45, 7) is 8.87. The lowest BCUT2D eigenvalue weighted by Gasteiger charge is -2.13. The molecular weight excluding hydrogens is 396 g/mol. The highest BCUT2D eigenvalue weighted by atomic mass is 35.5. The molecule has 0 atom stereocenters. The molecule has 1 amide bonds. The van der Waals surface area contributed by atoms with Crippen LogP contribution in [0, 0.1) is 19.8 Å². The Bertz CT molecular complexity index is 944. The van der Waals surface area contributed by atoms with Crippen molar-refractivity contribution in [3.8, 4) is 11.6 Å². The van der Waals surface area contributed by atoms with Gasteiger partial charge in [0.15, 0.2) is 16.7 Å². The molecule has 1 N–H and O–H groups in total. The standard InChI is InChI=1S/C20H23ClN4O2S/c1-12(2)10-25-19(16-6-5-7-27-16)23-24-20(25)28-11-17(26)22-18-14(4)8-13(3)9-15(18)21/h5-9,12H,10-11H2,1-4H3,(H,22,26). The van der Waals surface area contributed by atoms with Crippen molar-refractivity contribution in [1.29, 1.82) is 0 Å². The maximum absolute atomic E-state index is 12.5. The summed E-state index contributed by atoms with van der Waals surface area (Å²) in [6, 6.07) is 7.50. The molecule has 148 valence electrons. The lowest BCUT2D eigenvalue weighted by atomic mass is 10.1. The molecule has 0 unspecified atom stereocenters. The fourth-order valence-corrected chi connectivity index (χ4v) is 4.01. The number of carbonyl (C=O) groups is 1. The summed E-state index contributed by atoms with van der Waals surface area (Å²) in [7, 11) is 0. The van der Waals surface area contributed by atoms with Crippen molar-refractivity contribution < 1.29 is 9.21 Å². The monoisotopic (exact) mass is 418 g/mol. The van der Waals surface area contributed by atoms with Crippen LogP contribution in [0.1, 0.15) is 25.0 Å². The van der Waals surface area contributed by atoms with E-state index in [1.807, 2.05) is 42.7 Å². The van der Waals surface area contributed by atoms with Crippen molar-refractivity contribution in [2.24, 2.45) is 5.92 Å². The van der Waals surface area contributed by atoms with Crippen molar-refractivity contribution in [1.82, 2.24) is 14.8 Å². The van der Waals surface area contributed by atoms with Crippen LogP contribution in [-0.2, 0) is 11.3 Å². The number of hydrogen-bond acceptors (Lipinski definition) is 5. The first-order chi connectivity index (χ1) is 13.3. The Morgan fingerprint density at radius 2 is 2.11 bits per heavy atom. The minimum Gasteiger partial charge on any atom is -0.461 e. The smallest absolute Gasteiger partial charge is 0.234 e. The molecule has 0 aliphatic rings. The van der Waals surface area contributed by atoms with Gasteiger partial charge in [-0.2, -0.15) is 0 Å². The second-order valence-electron chi connectivity index (χ2n) is 7.06. The van der Waals surface area contributed by atoms with E-state index in [1.165, 1.54) is 11.8 Å². The van der Waals surface area contributed by atoms with Gasteiger partial charge in [0.2, 0.25) is 5.91 Å². The summed E-state index contributed by atoms with van der Waals surface area (Å²) >= 11 is 7.62. The van der Waals surface area contributed by atoms with Crippen LogP contribution in [0.4, 0.5) is 5.69 Å². The second kappa shape index (κ2) is 8.84. The fourth-order valence-electron chi connectivity index (χ4n) is 2.89. The Morgan fingerprint density at radius 3 is 2.75 bits per heavy atom. The molecule has 8 heteroatoms. The largest absolute Gasteiger partial charge is 0.461 e.